The molecule has 0 spiro atoms. The maximum Gasteiger partial charge on any atom is 0.323 e. The third-order valence-corrected chi connectivity index (χ3v) is 3.92. The van der Waals surface area contributed by atoms with Gasteiger partial charge >= 0.3 is 5.97 Å². The van der Waals surface area contributed by atoms with Gasteiger partial charge in [-0.2, -0.15) is 0 Å². The average molecular weight is 385 g/mol. The Morgan fingerprint density at radius 3 is 2.40 bits per heavy atom. The Morgan fingerprint density at radius 2 is 1.88 bits per heavy atom. The van der Waals surface area contributed by atoms with Gasteiger partial charge in [-0.15, -0.1) is 5.10 Å². The fraction of sp³-hybridized carbons (Fsp3) is 0.375. The third kappa shape index (κ3) is 4.49. The minimum absolute atomic E-state index is 0.101. The van der Waals surface area contributed by atoms with Crippen LogP contribution in [0.15, 0.2) is 18.2 Å². The number of carbonyl (C=O) groups is 2. The Labute approximate surface area is 155 Å². The number of nitrogens with zero attached hydrogens (tertiary/aromatic N) is 4. The molecule has 1 amide bonds. The monoisotopic (exact) mass is 384 g/mol. The molecule has 2 rings (SSSR count). The normalized spacial score (nSPS) is 11.0. The summed E-state index contributed by atoms with van der Waals surface area (Å²) in [6.07, 6.45) is 0. The summed E-state index contributed by atoms with van der Waals surface area (Å²) in [5.41, 5.74) is 0.420. The number of aromatic nitrogens is 3. The zero-order valence-corrected chi connectivity index (χ0v) is 15.5. The Balaban J connectivity index is 2.40. The van der Waals surface area contributed by atoms with Crippen LogP contribution in [0.1, 0.15) is 30.3 Å². The van der Waals surface area contributed by atoms with Crippen molar-refractivity contribution < 1.29 is 14.7 Å². The van der Waals surface area contributed by atoms with Crippen molar-refractivity contribution >= 4 is 35.1 Å². The summed E-state index contributed by atoms with van der Waals surface area (Å²) in [7, 11) is 0. The van der Waals surface area contributed by atoms with Crippen molar-refractivity contribution in [3.05, 3.63) is 39.9 Å². The maximum absolute atomic E-state index is 12.6. The van der Waals surface area contributed by atoms with Gasteiger partial charge < -0.3 is 10.0 Å². The van der Waals surface area contributed by atoms with Gasteiger partial charge in [0.25, 0.3) is 5.91 Å². The lowest BCUT2D eigenvalue weighted by Crippen LogP contribution is -2.38. The molecule has 0 aliphatic carbocycles. The van der Waals surface area contributed by atoms with Crippen molar-refractivity contribution in [1.29, 1.82) is 0 Å². The number of halogens is 2. The fourth-order valence-electron chi connectivity index (χ4n) is 2.35. The molecule has 0 unspecified atom stereocenters. The van der Waals surface area contributed by atoms with Crippen LogP contribution in [0.3, 0.4) is 0 Å². The van der Waals surface area contributed by atoms with Crippen molar-refractivity contribution in [1.82, 2.24) is 19.7 Å². The van der Waals surface area contributed by atoms with Gasteiger partial charge in [0.2, 0.25) is 5.82 Å². The molecule has 1 aromatic heterocycles. The molecule has 0 atom stereocenters. The fourth-order valence-corrected chi connectivity index (χ4v) is 2.91. The lowest BCUT2D eigenvalue weighted by atomic mass is 10.2. The maximum atomic E-state index is 12.6. The van der Waals surface area contributed by atoms with Crippen LogP contribution in [-0.4, -0.2) is 49.7 Å². The zero-order chi connectivity index (χ0) is 18.7. The molecule has 1 N–H and O–H groups in total. The van der Waals surface area contributed by atoms with E-state index in [1.54, 1.807) is 25.1 Å². The van der Waals surface area contributed by atoms with E-state index in [2.05, 4.69) is 10.1 Å². The van der Waals surface area contributed by atoms with Gasteiger partial charge in [-0.3, -0.25) is 9.59 Å². The van der Waals surface area contributed by atoms with Crippen LogP contribution in [0.4, 0.5) is 0 Å². The summed E-state index contributed by atoms with van der Waals surface area (Å²) in [5, 5.41) is 13.9. The molecule has 1 aromatic carbocycles. The molecule has 134 valence electrons. The largest absolute Gasteiger partial charge is 0.480 e. The van der Waals surface area contributed by atoms with Crippen LogP contribution in [0, 0.1) is 12.8 Å². The van der Waals surface area contributed by atoms with Crippen LogP contribution in [0.25, 0.3) is 5.69 Å². The van der Waals surface area contributed by atoms with E-state index in [0.29, 0.717) is 21.6 Å². The van der Waals surface area contributed by atoms with E-state index in [1.807, 2.05) is 13.8 Å². The smallest absolute Gasteiger partial charge is 0.323 e. The highest BCUT2D eigenvalue weighted by Gasteiger charge is 2.25. The second kappa shape index (κ2) is 7.84. The first-order valence-electron chi connectivity index (χ1n) is 7.59. The topological polar surface area (TPSA) is 88.3 Å². The lowest BCUT2D eigenvalue weighted by Gasteiger charge is -2.21. The van der Waals surface area contributed by atoms with Gasteiger partial charge in [0.05, 0.1) is 10.0 Å². The van der Waals surface area contributed by atoms with Gasteiger partial charge in [-0.05, 0) is 25.0 Å². The third-order valence-electron chi connectivity index (χ3n) is 3.31. The summed E-state index contributed by atoms with van der Waals surface area (Å²) < 4.78 is 1.38. The standard InChI is InChI=1S/C16H18Cl2N4O3/c1-9(2)7-21(8-13(23)24)16(25)15-19-10(3)22(20-15)14-11(17)5-4-6-12(14)18/h4-6,9H,7-8H2,1-3H3,(H,23,24). The predicted octanol–water partition coefficient (Wildman–Crippen LogP) is 3.07. The SMILES string of the molecule is Cc1nc(C(=O)N(CC(=O)O)CC(C)C)nn1-c1c(Cl)cccc1Cl. The molecule has 0 radical (unpaired) electrons. The first-order valence-corrected chi connectivity index (χ1v) is 8.35. The molecular formula is C16H18Cl2N4O3. The number of aryl methyl sites for hydroxylation is 1. The van der Waals surface area contributed by atoms with Crippen molar-refractivity contribution in [2.24, 2.45) is 5.92 Å². The van der Waals surface area contributed by atoms with Crippen molar-refractivity contribution in [3.63, 3.8) is 0 Å². The van der Waals surface area contributed by atoms with Crippen LogP contribution in [0.2, 0.25) is 10.0 Å². The van der Waals surface area contributed by atoms with Crippen molar-refractivity contribution in [2.75, 3.05) is 13.1 Å². The van der Waals surface area contributed by atoms with E-state index in [0.717, 1.165) is 0 Å². The molecule has 0 fully saturated rings. The first-order chi connectivity index (χ1) is 11.7. The number of hydrogen-bond acceptors (Lipinski definition) is 4. The Bertz CT molecular complexity index is 784. The number of aliphatic carboxylic acids is 1. The van der Waals surface area contributed by atoms with E-state index in [1.165, 1.54) is 9.58 Å². The summed E-state index contributed by atoms with van der Waals surface area (Å²) in [4.78, 5) is 29.0. The zero-order valence-electron chi connectivity index (χ0n) is 14.0. The molecule has 0 saturated carbocycles. The highest BCUT2D eigenvalue weighted by atomic mass is 35.5. The number of carboxylic acids is 1. The molecule has 1 heterocycles. The van der Waals surface area contributed by atoms with Gasteiger partial charge in [-0.25, -0.2) is 9.67 Å². The molecule has 9 heteroatoms. The summed E-state index contributed by atoms with van der Waals surface area (Å²) >= 11 is 12.4. The molecule has 25 heavy (non-hydrogen) atoms. The van der Waals surface area contributed by atoms with E-state index in [4.69, 9.17) is 28.3 Å². The van der Waals surface area contributed by atoms with E-state index in [9.17, 15) is 9.59 Å². The molecule has 0 saturated heterocycles. The van der Waals surface area contributed by atoms with E-state index < -0.39 is 18.4 Å². The van der Waals surface area contributed by atoms with Gasteiger partial charge in [0, 0.05) is 6.54 Å². The van der Waals surface area contributed by atoms with Crippen LogP contribution >= 0.6 is 23.2 Å². The molecular weight excluding hydrogens is 367 g/mol. The minimum Gasteiger partial charge on any atom is -0.480 e. The number of carbonyl (C=O) groups excluding carboxylic acids is 1. The Hall–Kier alpha value is -2.12. The minimum atomic E-state index is -1.10. The summed E-state index contributed by atoms with van der Waals surface area (Å²) in [6.45, 7) is 5.31. The average Bonchev–Trinajstić information content (AvgIpc) is 2.86. The number of benzene rings is 1. The molecule has 0 aliphatic heterocycles. The number of hydrogen-bond donors (Lipinski definition) is 1. The van der Waals surface area contributed by atoms with E-state index >= 15 is 0 Å². The Morgan fingerprint density at radius 1 is 1.28 bits per heavy atom. The lowest BCUT2D eigenvalue weighted by molar-refractivity contribution is -0.137. The number of carboxylic acid groups (broad SMARTS) is 1. The number of rotatable bonds is 6. The van der Waals surface area contributed by atoms with Crippen molar-refractivity contribution in [2.45, 2.75) is 20.8 Å². The summed E-state index contributed by atoms with van der Waals surface area (Å²) in [5.74, 6) is -1.24. The van der Waals surface area contributed by atoms with E-state index in [-0.39, 0.29) is 18.3 Å². The van der Waals surface area contributed by atoms with Crippen LogP contribution in [0.5, 0.6) is 0 Å². The quantitative estimate of drug-likeness (QED) is 0.826. The molecule has 0 bridgehead atoms. The van der Waals surface area contributed by atoms with Gasteiger partial charge in [-0.1, -0.05) is 43.1 Å². The molecule has 0 aliphatic rings. The second-order valence-electron chi connectivity index (χ2n) is 5.94. The first kappa shape index (κ1) is 19.2. The van der Waals surface area contributed by atoms with Crippen LogP contribution < -0.4 is 0 Å². The molecule has 7 nitrogen and oxygen atoms in total. The summed E-state index contributed by atoms with van der Waals surface area (Å²) in [6, 6.07) is 5.01. The van der Waals surface area contributed by atoms with Gasteiger partial charge in [0.1, 0.15) is 18.1 Å². The molecule has 2 aromatic rings. The second-order valence-corrected chi connectivity index (χ2v) is 6.75. The highest BCUT2D eigenvalue weighted by molar-refractivity contribution is 6.37. The predicted molar refractivity (Wildman–Crippen MR) is 94.5 cm³/mol. The Kier molecular flexibility index (Phi) is 6.02. The number of para-hydroxylation sites is 1. The number of amides is 1. The van der Waals surface area contributed by atoms with Crippen molar-refractivity contribution in [3.8, 4) is 5.69 Å². The highest BCUT2D eigenvalue weighted by Crippen LogP contribution is 2.28. The van der Waals surface area contributed by atoms with Gasteiger partial charge in [0.15, 0.2) is 0 Å². The van der Waals surface area contributed by atoms with Crippen LogP contribution in [-0.2, 0) is 4.79 Å².